The second kappa shape index (κ2) is 7.90. The van der Waals surface area contributed by atoms with Crippen LogP contribution in [0.4, 0.5) is 0 Å². The van der Waals surface area contributed by atoms with Gasteiger partial charge in [0, 0.05) is 17.7 Å². The predicted molar refractivity (Wildman–Crippen MR) is 95.6 cm³/mol. The zero-order valence-corrected chi connectivity index (χ0v) is 13.9. The molecule has 0 aliphatic heterocycles. The van der Waals surface area contributed by atoms with Crippen LogP contribution in [0.5, 0.6) is 0 Å². The van der Waals surface area contributed by atoms with Gasteiger partial charge in [0.2, 0.25) is 0 Å². The van der Waals surface area contributed by atoms with Crippen LogP contribution in [0, 0.1) is 0 Å². The van der Waals surface area contributed by atoms with Crippen molar-refractivity contribution < 1.29 is 4.79 Å². The lowest BCUT2D eigenvalue weighted by Gasteiger charge is -2.08. The average Bonchev–Trinajstić information content (AvgIpc) is 2.96. The highest BCUT2D eigenvalue weighted by molar-refractivity contribution is 7.10. The molecule has 0 saturated heterocycles. The Kier molecular flexibility index (Phi) is 5.91. The van der Waals surface area contributed by atoms with E-state index in [-0.39, 0.29) is 11.7 Å². The van der Waals surface area contributed by atoms with Crippen LogP contribution in [0.3, 0.4) is 0 Å². The highest BCUT2D eigenvalue weighted by Gasteiger charge is 2.14. The summed E-state index contributed by atoms with van der Waals surface area (Å²) in [6.45, 7) is 9.57. The topological polar surface area (TPSA) is 17.1 Å². The molecule has 0 saturated carbocycles. The second-order valence-corrected chi connectivity index (χ2v) is 6.65. The Hall–Kier alpha value is -1.93. The van der Waals surface area contributed by atoms with E-state index in [1.54, 1.807) is 17.4 Å². The molecule has 0 N–H and O–H groups in total. The minimum Gasteiger partial charge on any atom is -0.299 e. The van der Waals surface area contributed by atoms with Crippen LogP contribution in [0.15, 0.2) is 66.6 Å². The summed E-state index contributed by atoms with van der Waals surface area (Å²) in [5.41, 5.74) is 3.44. The van der Waals surface area contributed by atoms with Gasteiger partial charge in [0.25, 0.3) is 0 Å². The zero-order chi connectivity index (χ0) is 15.9. The first-order valence-corrected chi connectivity index (χ1v) is 8.39. The summed E-state index contributed by atoms with van der Waals surface area (Å²) in [4.78, 5) is 13.3. The number of carbonyl (C=O) groups excluding carboxylic acids is 1. The molecule has 1 atom stereocenters. The van der Waals surface area contributed by atoms with Crippen LogP contribution >= 0.6 is 11.3 Å². The van der Waals surface area contributed by atoms with Gasteiger partial charge >= 0.3 is 0 Å². The maximum atomic E-state index is 12.0. The number of rotatable bonds is 8. The predicted octanol–water partition coefficient (Wildman–Crippen LogP) is 5.53. The van der Waals surface area contributed by atoms with E-state index < -0.39 is 0 Å². The third kappa shape index (κ3) is 4.81. The highest BCUT2D eigenvalue weighted by atomic mass is 32.1. The Morgan fingerprint density at radius 3 is 2.68 bits per heavy atom. The van der Waals surface area contributed by atoms with Crippen LogP contribution in [0.1, 0.15) is 41.7 Å². The lowest BCUT2D eigenvalue weighted by atomic mass is 9.98. The van der Waals surface area contributed by atoms with Crippen molar-refractivity contribution in [1.29, 1.82) is 0 Å². The smallest absolute Gasteiger partial charge is 0.137 e. The van der Waals surface area contributed by atoms with Gasteiger partial charge in [0.15, 0.2) is 0 Å². The monoisotopic (exact) mass is 310 g/mol. The summed E-state index contributed by atoms with van der Waals surface area (Å²) in [6.07, 6.45) is 3.59. The van der Waals surface area contributed by atoms with Gasteiger partial charge in [-0.05, 0) is 40.5 Å². The van der Waals surface area contributed by atoms with Crippen molar-refractivity contribution in [3.05, 3.63) is 82.6 Å². The number of Topliss-reactive ketones (excluding diaryl/α,β-unsaturated/α-hetero) is 1. The molecular weight excluding hydrogens is 288 g/mol. The third-order valence-corrected chi connectivity index (χ3v) is 4.87. The molecule has 22 heavy (non-hydrogen) atoms. The number of thiophene rings is 1. The van der Waals surface area contributed by atoms with Crippen LogP contribution in [-0.2, 0) is 11.2 Å². The summed E-state index contributed by atoms with van der Waals surface area (Å²) >= 11 is 1.75. The van der Waals surface area contributed by atoms with E-state index in [9.17, 15) is 4.79 Å². The Bertz CT molecular complexity index is 651. The molecule has 0 fully saturated rings. The molecule has 1 unspecified atom stereocenters. The molecule has 2 aromatic rings. The number of carbonyl (C=O) groups is 1. The van der Waals surface area contributed by atoms with E-state index >= 15 is 0 Å². The molecule has 0 radical (unpaired) electrons. The quantitative estimate of drug-likeness (QED) is 0.586. The number of hydrogen-bond donors (Lipinski definition) is 0. The minimum absolute atomic E-state index is 0.232. The van der Waals surface area contributed by atoms with E-state index in [4.69, 9.17) is 0 Å². The van der Waals surface area contributed by atoms with Crippen molar-refractivity contribution in [2.75, 3.05) is 0 Å². The third-order valence-electron chi connectivity index (χ3n) is 3.66. The largest absolute Gasteiger partial charge is 0.299 e. The zero-order valence-electron chi connectivity index (χ0n) is 13.0. The normalized spacial score (nSPS) is 11.9. The van der Waals surface area contributed by atoms with Gasteiger partial charge in [0.1, 0.15) is 5.78 Å². The molecule has 0 aliphatic carbocycles. The first-order valence-electron chi connectivity index (χ1n) is 7.51. The highest BCUT2D eigenvalue weighted by Crippen LogP contribution is 2.28. The number of ketones is 1. The van der Waals surface area contributed by atoms with Gasteiger partial charge in [-0.2, -0.15) is 0 Å². The molecule has 2 heteroatoms. The van der Waals surface area contributed by atoms with E-state index in [0.717, 1.165) is 12.0 Å². The van der Waals surface area contributed by atoms with E-state index in [2.05, 4.69) is 55.8 Å². The van der Waals surface area contributed by atoms with Crippen molar-refractivity contribution in [2.45, 2.75) is 32.1 Å². The molecule has 1 aromatic heterocycles. The fourth-order valence-corrected chi connectivity index (χ4v) is 3.39. The van der Waals surface area contributed by atoms with Crippen LogP contribution in [0.2, 0.25) is 0 Å². The average molecular weight is 310 g/mol. The molecule has 1 heterocycles. The fraction of sp³-hybridized carbons (Fsp3) is 0.250. The van der Waals surface area contributed by atoms with Gasteiger partial charge in [-0.25, -0.2) is 0 Å². The van der Waals surface area contributed by atoms with Crippen LogP contribution < -0.4 is 0 Å². The standard InChI is InChI=1S/C20H22OS/c1-4-15(2)10-19(21)11-16(3)20-13-18(14-22-20)12-17-8-6-5-7-9-17/h4-9,13-14,16H,1-2,10-12H2,3H3. The summed E-state index contributed by atoms with van der Waals surface area (Å²) in [6, 6.07) is 12.7. The maximum Gasteiger partial charge on any atom is 0.137 e. The summed E-state index contributed by atoms with van der Waals surface area (Å²) in [7, 11) is 0. The van der Waals surface area contributed by atoms with Gasteiger partial charge in [-0.3, -0.25) is 4.79 Å². The second-order valence-electron chi connectivity index (χ2n) is 5.70. The minimum atomic E-state index is 0.232. The van der Waals surface area contributed by atoms with Crippen molar-refractivity contribution in [2.24, 2.45) is 0 Å². The van der Waals surface area contributed by atoms with Crippen LogP contribution in [0.25, 0.3) is 0 Å². The van der Waals surface area contributed by atoms with Gasteiger partial charge in [-0.15, -0.1) is 11.3 Å². The summed E-state index contributed by atoms with van der Waals surface area (Å²) < 4.78 is 0. The molecule has 2 rings (SSSR count). The van der Waals surface area contributed by atoms with E-state index in [1.807, 2.05) is 6.07 Å². The first kappa shape index (κ1) is 16.4. The lowest BCUT2D eigenvalue weighted by molar-refractivity contribution is -0.118. The van der Waals surface area contributed by atoms with Gasteiger partial charge in [0.05, 0.1) is 0 Å². The van der Waals surface area contributed by atoms with Crippen molar-refractivity contribution in [1.82, 2.24) is 0 Å². The number of hydrogen-bond acceptors (Lipinski definition) is 2. The Morgan fingerprint density at radius 1 is 1.27 bits per heavy atom. The molecule has 0 amide bonds. The molecule has 0 spiro atoms. The Labute approximate surface area is 137 Å². The number of benzene rings is 1. The molecule has 114 valence electrons. The van der Waals surface area contributed by atoms with Crippen molar-refractivity contribution in [3.8, 4) is 0 Å². The number of allylic oxidation sites excluding steroid dienone is 2. The van der Waals surface area contributed by atoms with Crippen molar-refractivity contribution in [3.63, 3.8) is 0 Å². The van der Waals surface area contributed by atoms with E-state index in [1.165, 1.54) is 16.0 Å². The molecule has 1 nitrogen and oxygen atoms in total. The lowest BCUT2D eigenvalue weighted by Crippen LogP contribution is -2.03. The first-order chi connectivity index (χ1) is 10.6. The maximum absolute atomic E-state index is 12.0. The fourth-order valence-electron chi connectivity index (χ4n) is 2.42. The summed E-state index contributed by atoms with van der Waals surface area (Å²) in [5.74, 6) is 0.495. The van der Waals surface area contributed by atoms with Gasteiger partial charge in [-0.1, -0.05) is 56.5 Å². The van der Waals surface area contributed by atoms with Gasteiger partial charge < -0.3 is 0 Å². The Balaban J connectivity index is 1.94. The molecule has 1 aromatic carbocycles. The molecule has 0 bridgehead atoms. The molecule has 0 aliphatic rings. The SMILES string of the molecule is C=CC(=C)CC(=O)CC(C)c1cc(Cc2ccccc2)cs1. The molecular formula is C20H22OS. The van der Waals surface area contributed by atoms with E-state index in [0.29, 0.717) is 12.8 Å². The Morgan fingerprint density at radius 2 is 2.00 bits per heavy atom. The summed E-state index contributed by atoms with van der Waals surface area (Å²) in [5, 5.41) is 2.20. The van der Waals surface area contributed by atoms with Crippen LogP contribution in [-0.4, -0.2) is 5.78 Å². The van der Waals surface area contributed by atoms with Crippen molar-refractivity contribution >= 4 is 17.1 Å².